The summed E-state index contributed by atoms with van der Waals surface area (Å²) in [6, 6.07) is -0.387. The van der Waals surface area contributed by atoms with E-state index in [1.165, 1.54) is 39.0 Å². The van der Waals surface area contributed by atoms with E-state index in [4.69, 9.17) is 5.73 Å². The van der Waals surface area contributed by atoms with Crippen molar-refractivity contribution < 1.29 is 4.79 Å². The maximum absolute atomic E-state index is 10.8. The molecule has 0 bridgehead atoms. The zero-order valence-corrected chi connectivity index (χ0v) is 8.33. The van der Waals surface area contributed by atoms with E-state index >= 15 is 0 Å². The van der Waals surface area contributed by atoms with Gasteiger partial charge in [0, 0.05) is 0 Å². The molecule has 1 unspecified atom stereocenters. The van der Waals surface area contributed by atoms with Crippen LogP contribution in [0.3, 0.4) is 0 Å². The van der Waals surface area contributed by atoms with Crippen molar-refractivity contribution in [3.05, 3.63) is 12.2 Å². The molecule has 2 heteroatoms. The Labute approximate surface area is 80.2 Å². The van der Waals surface area contributed by atoms with Crippen molar-refractivity contribution in [1.82, 2.24) is 0 Å². The first-order chi connectivity index (χ1) is 6.20. The standard InChI is InChI=1S/C11H19NO/c1-9(13)11(12)8-7-10-5-3-2-4-6-10/h7-8,10-11H,2-6,12H2,1H3/b8-7+. The monoisotopic (exact) mass is 181 g/mol. The number of rotatable bonds is 3. The predicted octanol–water partition coefficient (Wildman–Crippen LogP) is 2.04. The molecule has 0 aliphatic heterocycles. The second-order valence-electron chi connectivity index (χ2n) is 3.92. The summed E-state index contributed by atoms with van der Waals surface area (Å²) in [5, 5.41) is 0. The predicted molar refractivity (Wildman–Crippen MR) is 54.4 cm³/mol. The third-order valence-electron chi connectivity index (χ3n) is 2.71. The minimum atomic E-state index is -0.387. The number of allylic oxidation sites excluding steroid dienone is 1. The molecule has 0 heterocycles. The molecule has 13 heavy (non-hydrogen) atoms. The van der Waals surface area contributed by atoms with Crippen LogP contribution in [0.1, 0.15) is 39.0 Å². The summed E-state index contributed by atoms with van der Waals surface area (Å²) in [6.45, 7) is 1.54. The van der Waals surface area contributed by atoms with E-state index in [2.05, 4.69) is 6.08 Å². The second kappa shape index (κ2) is 5.18. The van der Waals surface area contributed by atoms with Crippen molar-refractivity contribution in [3.8, 4) is 0 Å². The lowest BCUT2D eigenvalue weighted by molar-refractivity contribution is -0.117. The van der Waals surface area contributed by atoms with Crippen LogP contribution in [0.2, 0.25) is 0 Å². The summed E-state index contributed by atoms with van der Waals surface area (Å²) < 4.78 is 0. The Morgan fingerprint density at radius 3 is 2.54 bits per heavy atom. The molecule has 1 saturated carbocycles. The van der Waals surface area contributed by atoms with Crippen LogP contribution in [0, 0.1) is 5.92 Å². The number of ketones is 1. The molecule has 0 saturated heterocycles. The summed E-state index contributed by atoms with van der Waals surface area (Å²) in [7, 11) is 0. The van der Waals surface area contributed by atoms with Crippen molar-refractivity contribution in [1.29, 1.82) is 0 Å². The highest BCUT2D eigenvalue weighted by Gasteiger charge is 2.10. The van der Waals surface area contributed by atoms with Crippen LogP contribution in [0.25, 0.3) is 0 Å². The quantitative estimate of drug-likeness (QED) is 0.677. The Bertz CT molecular complexity index is 192. The fourth-order valence-electron chi connectivity index (χ4n) is 1.74. The molecule has 1 aliphatic rings. The Morgan fingerprint density at radius 1 is 1.38 bits per heavy atom. The van der Waals surface area contributed by atoms with E-state index in [0.29, 0.717) is 5.92 Å². The molecule has 1 rings (SSSR count). The van der Waals surface area contributed by atoms with Gasteiger partial charge in [0.05, 0.1) is 6.04 Å². The maximum Gasteiger partial charge on any atom is 0.150 e. The fraction of sp³-hybridized carbons (Fsp3) is 0.727. The summed E-state index contributed by atoms with van der Waals surface area (Å²) >= 11 is 0. The van der Waals surface area contributed by atoms with Gasteiger partial charge in [-0.05, 0) is 25.7 Å². The molecule has 0 aromatic rings. The molecule has 0 amide bonds. The van der Waals surface area contributed by atoms with E-state index in [1.54, 1.807) is 0 Å². The largest absolute Gasteiger partial charge is 0.318 e. The van der Waals surface area contributed by atoms with Gasteiger partial charge in [-0.3, -0.25) is 4.79 Å². The van der Waals surface area contributed by atoms with Gasteiger partial charge in [0.25, 0.3) is 0 Å². The molecule has 0 spiro atoms. The molecule has 0 aromatic heterocycles. The van der Waals surface area contributed by atoms with Gasteiger partial charge in [0.2, 0.25) is 0 Å². The van der Waals surface area contributed by atoms with Gasteiger partial charge in [-0.25, -0.2) is 0 Å². The molecule has 1 aliphatic carbocycles. The molecule has 0 aromatic carbocycles. The molecule has 1 atom stereocenters. The van der Waals surface area contributed by atoms with Crippen molar-refractivity contribution >= 4 is 5.78 Å². The van der Waals surface area contributed by atoms with Gasteiger partial charge in [-0.1, -0.05) is 31.4 Å². The minimum absolute atomic E-state index is 0.0482. The Kier molecular flexibility index (Phi) is 4.16. The smallest absolute Gasteiger partial charge is 0.150 e. The van der Waals surface area contributed by atoms with Gasteiger partial charge in [0.1, 0.15) is 5.78 Å². The van der Waals surface area contributed by atoms with Gasteiger partial charge in [-0.2, -0.15) is 0 Å². The lowest BCUT2D eigenvalue weighted by Crippen LogP contribution is -2.25. The first kappa shape index (κ1) is 10.5. The van der Waals surface area contributed by atoms with Gasteiger partial charge in [0.15, 0.2) is 0 Å². The summed E-state index contributed by atoms with van der Waals surface area (Å²) in [5.41, 5.74) is 5.60. The highest BCUT2D eigenvalue weighted by Crippen LogP contribution is 2.24. The Morgan fingerprint density at radius 2 is 2.00 bits per heavy atom. The van der Waals surface area contributed by atoms with Crippen molar-refractivity contribution in [2.75, 3.05) is 0 Å². The third kappa shape index (κ3) is 3.73. The lowest BCUT2D eigenvalue weighted by Gasteiger charge is -2.18. The van der Waals surface area contributed by atoms with E-state index in [1.807, 2.05) is 6.08 Å². The first-order valence-corrected chi connectivity index (χ1v) is 5.14. The van der Waals surface area contributed by atoms with Crippen LogP contribution in [-0.4, -0.2) is 11.8 Å². The van der Waals surface area contributed by atoms with E-state index in [-0.39, 0.29) is 11.8 Å². The van der Waals surface area contributed by atoms with Crippen molar-refractivity contribution in [2.24, 2.45) is 11.7 Å². The van der Waals surface area contributed by atoms with Gasteiger partial charge in [-0.15, -0.1) is 0 Å². The molecule has 1 fully saturated rings. The first-order valence-electron chi connectivity index (χ1n) is 5.14. The summed E-state index contributed by atoms with van der Waals surface area (Å²) in [4.78, 5) is 10.8. The van der Waals surface area contributed by atoms with Gasteiger partial charge >= 0.3 is 0 Å². The number of hydrogen-bond donors (Lipinski definition) is 1. The van der Waals surface area contributed by atoms with Crippen LogP contribution in [0.4, 0.5) is 0 Å². The molecular weight excluding hydrogens is 162 g/mol. The Balaban J connectivity index is 2.33. The number of carbonyl (C=O) groups excluding carboxylic acids is 1. The van der Waals surface area contributed by atoms with Crippen molar-refractivity contribution in [2.45, 2.75) is 45.1 Å². The lowest BCUT2D eigenvalue weighted by atomic mass is 9.88. The fourth-order valence-corrected chi connectivity index (χ4v) is 1.74. The highest BCUT2D eigenvalue weighted by molar-refractivity contribution is 5.83. The van der Waals surface area contributed by atoms with Gasteiger partial charge < -0.3 is 5.73 Å². The average Bonchev–Trinajstić information content (AvgIpc) is 2.15. The van der Waals surface area contributed by atoms with Crippen LogP contribution in [0.15, 0.2) is 12.2 Å². The van der Waals surface area contributed by atoms with Crippen molar-refractivity contribution in [3.63, 3.8) is 0 Å². The van der Waals surface area contributed by atoms with E-state index < -0.39 is 0 Å². The Hall–Kier alpha value is -0.630. The minimum Gasteiger partial charge on any atom is -0.318 e. The van der Waals surface area contributed by atoms with E-state index in [9.17, 15) is 4.79 Å². The highest BCUT2D eigenvalue weighted by atomic mass is 16.1. The topological polar surface area (TPSA) is 43.1 Å². The molecule has 2 N–H and O–H groups in total. The number of hydrogen-bond acceptors (Lipinski definition) is 2. The molecule has 2 nitrogen and oxygen atoms in total. The summed E-state index contributed by atoms with van der Waals surface area (Å²) in [6.07, 6.45) is 10.5. The average molecular weight is 181 g/mol. The molecule has 74 valence electrons. The number of carbonyl (C=O) groups is 1. The maximum atomic E-state index is 10.8. The van der Waals surface area contributed by atoms with E-state index in [0.717, 1.165) is 0 Å². The SMILES string of the molecule is CC(=O)C(N)/C=C/C1CCCCC1. The number of Topliss-reactive ketones (excluding diaryl/α,β-unsaturated/α-hetero) is 1. The zero-order valence-electron chi connectivity index (χ0n) is 8.33. The molecule has 0 radical (unpaired) electrons. The van der Waals surface area contributed by atoms with Crippen LogP contribution in [-0.2, 0) is 4.79 Å². The van der Waals surface area contributed by atoms with Crippen LogP contribution < -0.4 is 5.73 Å². The molecular formula is C11H19NO. The summed E-state index contributed by atoms with van der Waals surface area (Å²) in [5.74, 6) is 0.714. The zero-order chi connectivity index (χ0) is 9.68. The second-order valence-corrected chi connectivity index (χ2v) is 3.92. The normalized spacial score (nSPS) is 22.0. The number of nitrogens with two attached hydrogens (primary N) is 1. The van der Waals surface area contributed by atoms with Crippen LogP contribution in [0.5, 0.6) is 0 Å². The van der Waals surface area contributed by atoms with Crippen LogP contribution >= 0.6 is 0 Å². The third-order valence-corrected chi connectivity index (χ3v) is 2.71.